The fourth-order valence-electron chi connectivity index (χ4n) is 3.01. The Labute approximate surface area is 189 Å². The minimum Gasteiger partial charge on any atom is -0.310 e. The zero-order valence-corrected chi connectivity index (χ0v) is 18.9. The van der Waals surface area contributed by atoms with E-state index in [9.17, 15) is 4.79 Å². The van der Waals surface area contributed by atoms with Gasteiger partial charge in [-0.2, -0.15) is 5.10 Å². The standard InChI is InChI=1S/C22H21ClN6OS/c1-14-4-7-17(8-5-14)29-20(10-16(3)27-29)25-21(30)12-31-22-26-24-13-28(22)18-9-6-15(2)19(23)11-18/h4-11,13H,12H2,1-3H3,(H,25,30). The van der Waals surface area contributed by atoms with Crippen LogP contribution in [-0.4, -0.2) is 36.2 Å². The number of aryl methyl sites for hydroxylation is 3. The van der Waals surface area contributed by atoms with Crippen LogP contribution in [0, 0.1) is 20.8 Å². The Morgan fingerprint density at radius 3 is 2.55 bits per heavy atom. The van der Waals surface area contributed by atoms with Gasteiger partial charge in [0.05, 0.1) is 22.8 Å². The van der Waals surface area contributed by atoms with Crippen molar-refractivity contribution >= 4 is 35.1 Å². The molecular formula is C22H21ClN6OS. The van der Waals surface area contributed by atoms with Crippen molar-refractivity contribution < 1.29 is 4.79 Å². The Kier molecular flexibility index (Phi) is 6.11. The van der Waals surface area contributed by atoms with Crippen molar-refractivity contribution in [2.45, 2.75) is 25.9 Å². The van der Waals surface area contributed by atoms with Crippen molar-refractivity contribution in [3.63, 3.8) is 0 Å². The van der Waals surface area contributed by atoms with E-state index >= 15 is 0 Å². The SMILES string of the molecule is Cc1ccc(-n2nc(C)cc2NC(=O)CSc2nncn2-c2ccc(C)c(Cl)c2)cc1. The summed E-state index contributed by atoms with van der Waals surface area (Å²) < 4.78 is 3.54. The molecule has 0 unspecified atom stereocenters. The molecule has 158 valence electrons. The molecule has 9 heteroatoms. The molecule has 7 nitrogen and oxygen atoms in total. The number of hydrogen-bond donors (Lipinski definition) is 1. The van der Waals surface area contributed by atoms with Crippen LogP contribution in [0.25, 0.3) is 11.4 Å². The maximum atomic E-state index is 12.6. The van der Waals surface area contributed by atoms with Crippen LogP contribution in [0.5, 0.6) is 0 Å². The number of nitrogens with zero attached hydrogens (tertiary/aromatic N) is 5. The van der Waals surface area contributed by atoms with Gasteiger partial charge in [-0.1, -0.05) is 47.1 Å². The molecule has 2 aromatic heterocycles. The summed E-state index contributed by atoms with van der Waals surface area (Å²) in [6, 6.07) is 15.6. The number of carbonyl (C=O) groups is 1. The highest BCUT2D eigenvalue weighted by atomic mass is 35.5. The normalized spacial score (nSPS) is 11.0. The number of anilines is 1. The molecule has 1 N–H and O–H groups in total. The van der Waals surface area contributed by atoms with Crippen molar-refractivity contribution in [3.8, 4) is 11.4 Å². The highest BCUT2D eigenvalue weighted by Crippen LogP contribution is 2.24. The van der Waals surface area contributed by atoms with Crippen molar-refractivity contribution in [1.29, 1.82) is 0 Å². The summed E-state index contributed by atoms with van der Waals surface area (Å²) in [5.74, 6) is 0.643. The fourth-order valence-corrected chi connectivity index (χ4v) is 3.92. The highest BCUT2D eigenvalue weighted by Gasteiger charge is 2.14. The summed E-state index contributed by atoms with van der Waals surface area (Å²) in [6.07, 6.45) is 1.61. The Balaban J connectivity index is 1.46. The lowest BCUT2D eigenvalue weighted by molar-refractivity contribution is -0.113. The average molecular weight is 453 g/mol. The summed E-state index contributed by atoms with van der Waals surface area (Å²) in [5, 5.41) is 16.8. The minimum absolute atomic E-state index is 0.158. The van der Waals surface area contributed by atoms with E-state index in [-0.39, 0.29) is 11.7 Å². The summed E-state index contributed by atoms with van der Waals surface area (Å²) >= 11 is 7.54. The van der Waals surface area contributed by atoms with Gasteiger partial charge in [0.15, 0.2) is 5.16 Å². The van der Waals surface area contributed by atoms with E-state index in [0.29, 0.717) is 16.0 Å². The second-order valence-electron chi connectivity index (χ2n) is 7.17. The first-order chi connectivity index (χ1) is 14.9. The van der Waals surface area contributed by atoms with Crippen molar-refractivity contribution in [2.24, 2.45) is 0 Å². The van der Waals surface area contributed by atoms with Crippen LogP contribution in [0.3, 0.4) is 0 Å². The largest absolute Gasteiger partial charge is 0.310 e. The van der Waals surface area contributed by atoms with Crippen LogP contribution in [0.15, 0.2) is 60.0 Å². The van der Waals surface area contributed by atoms with E-state index in [0.717, 1.165) is 28.2 Å². The Bertz CT molecular complexity index is 1230. The van der Waals surface area contributed by atoms with Gasteiger partial charge in [-0.3, -0.25) is 9.36 Å². The number of hydrogen-bond acceptors (Lipinski definition) is 5. The first kappa shape index (κ1) is 21.1. The first-order valence-corrected chi connectivity index (χ1v) is 11.0. The molecular weight excluding hydrogens is 432 g/mol. The molecule has 0 aliphatic carbocycles. The van der Waals surface area contributed by atoms with E-state index in [4.69, 9.17) is 11.6 Å². The molecule has 0 radical (unpaired) electrons. The zero-order chi connectivity index (χ0) is 22.0. The van der Waals surface area contributed by atoms with E-state index < -0.39 is 0 Å². The number of carbonyl (C=O) groups excluding carboxylic acids is 1. The van der Waals surface area contributed by atoms with Gasteiger partial charge >= 0.3 is 0 Å². The lowest BCUT2D eigenvalue weighted by Gasteiger charge is -2.10. The third-order valence-corrected chi connectivity index (χ3v) is 6.01. The summed E-state index contributed by atoms with van der Waals surface area (Å²) in [7, 11) is 0. The van der Waals surface area contributed by atoms with Crippen LogP contribution in [0.1, 0.15) is 16.8 Å². The molecule has 4 rings (SSSR count). The topological polar surface area (TPSA) is 77.6 Å². The van der Waals surface area contributed by atoms with Gasteiger partial charge in [0.2, 0.25) is 5.91 Å². The number of halogens is 1. The molecule has 0 atom stereocenters. The smallest absolute Gasteiger partial charge is 0.236 e. The van der Waals surface area contributed by atoms with E-state index in [2.05, 4.69) is 20.6 Å². The zero-order valence-electron chi connectivity index (χ0n) is 17.3. The maximum absolute atomic E-state index is 12.6. The quantitative estimate of drug-likeness (QED) is 0.426. The Morgan fingerprint density at radius 2 is 1.81 bits per heavy atom. The molecule has 0 bridgehead atoms. The lowest BCUT2D eigenvalue weighted by atomic mass is 10.2. The fraction of sp³-hybridized carbons (Fsp3) is 0.182. The maximum Gasteiger partial charge on any atom is 0.236 e. The summed E-state index contributed by atoms with van der Waals surface area (Å²) in [5.41, 5.74) is 4.70. The molecule has 0 fully saturated rings. The molecule has 0 aliphatic heterocycles. The number of thioether (sulfide) groups is 1. The van der Waals surface area contributed by atoms with Crippen LogP contribution in [-0.2, 0) is 4.79 Å². The minimum atomic E-state index is -0.158. The third kappa shape index (κ3) is 4.81. The number of amides is 1. The van der Waals surface area contributed by atoms with Gasteiger partial charge in [-0.15, -0.1) is 10.2 Å². The van der Waals surface area contributed by atoms with Gasteiger partial charge in [-0.05, 0) is 50.6 Å². The summed E-state index contributed by atoms with van der Waals surface area (Å²) in [4.78, 5) is 12.6. The first-order valence-electron chi connectivity index (χ1n) is 9.63. The van der Waals surface area contributed by atoms with E-state index in [1.54, 1.807) is 11.0 Å². The molecule has 0 saturated carbocycles. The van der Waals surface area contributed by atoms with E-state index in [1.165, 1.54) is 11.8 Å². The Morgan fingerprint density at radius 1 is 1.06 bits per heavy atom. The monoisotopic (exact) mass is 452 g/mol. The molecule has 4 aromatic rings. The van der Waals surface area contributed by atoms with Gasteiger partial charge in [0.1, 0.15) is 12.1 Å². The second-order valence-corrected chi connectivity index (χ2v) is 8.52. The predicted octanol–water partition coefficient (Wildman–Crippen LogP) is 4.76. The molecule has 1 amide bonds. The lowest BCUT2D eigenvalue weighted by Crippen LogP contribution is -2.17. The molecule has 31 heavy (non-hydrogen) atoms. The Hall–Kier alpha value is -3.10. The average Bonchev–Trinajstić information content (AvgIpc) is 3.35. The molecule has 0 saturated heterocycles. The number of aromatic nitrogens is 5. The number of benzene rings is 2. The van der Waals surface area contributed by atoms with Crippen LogP contribution in [0.2, 0.25) is 5.02 Å². The number of rotatable bonds is 6. The van der Waals surface area contributed by atoms with Crippen molar-refractivity contribution in [3.05, 3.63) is 76.7 Å². The second kappa shape index (κ2) is 8.95. The van der Waals surface area contributed by atoms with E-state index in [1.807, 2.05) is 73.9 Å². The van der Waals surface area contributed by atoms with Gasteiger partial charge < -0.3 is 5.32 Å². The van der Waals surface area contributed by atoms with Crippen molar-refractivity contribution in [2.75, 3.05) is 11.1 Å². The number of nitrogens with one attached hydrogen (secondary N) is 1. The third-order valence-electron chi connectivity index (χ3n) is 4.66. The van der Waals surface area contributed by atoms with Gasteiger partial charge in [-0.25, -0.2) is 4.68 Å². The molecule has 0 spiro atoms. The van der Waals surface area contributed by atoms with Crippen LogP contribution in [0.4, 0.5) is 5.82 Å². The van der Waals surface area contributed by atoms with Gasteiger partial charge in [0.25, 0.3) is 0 Å². The highest BCUT2D eigenvalue weighted by molar-refractivity contribution is 7.99. The predicted molar refractivity (Wildman–Crippen MR) is 123 cm³/mol. The molecule has 2 aromatic carbocycles. The molecule has 0 aliphatic rings. The van der Waals surface area contributed by atoms with Crippen molar-refractivity contribution in [1.82, 2.24) is 24.5 Å². The van der Waals surface area contributed by atoms with Crippen LogP contribution >= 0.6 is 23.4 Å². The summed E-state index contributed by atoms with van der Waals surface area (Å²) in [6.45, 7) is 5.87. The van der Waals surface area contributed by atoms with Crippen LogP contribution < -0.4 is 5.32 Å². The van der Waals surface area contributed by atoms with Gasteiger partial charge in [0, 0.05) is 11.1 Å². The molecule has 2 heterocycles.